The fourth-order valence-corrected chi connectivity index (χ4v) is 3.81. The fourth-order valence-electron chi connectivity index (χ4n) is 2.87. The number of fused-ring (bicyclic) bond motifs is 1. The predicted octanol–water partition coefficient (Wildman–Crippen LogP) is 4.48. The van der Waals surface area contributed by atoms with Gasteiger partial charge in [-0.05, 0) is 30.7 Å². The number of thiazole rings is 1. The number of nitrogens with two attached hydrogens (primary N) is 1. The van der Waals surface area contributed by atoms with Crippen LogP contribution in [-0.2, 0) is 0 Å². The first-order chi connectivity index (χ1) is 14.1. The van der Waals surface area contributed by atoms with Crippen molar-refractivity contribution in [3.05, 3.63) is 48.3 Å². The van der Waals surface area contributed by atoms with Gasteiger partial charge in [-0.3, -0.25) is 0 Å². The zero-order chi connectivity index (χ0) is 20.4. The third kappa shape index (κ3) is 3.72. The minimum Gasteiger partial charge on any atom is -0.497 e. The van der Waals surface area contributed by atoms with Crippen LogP contribution in [0.25, 0.3) is 10.2 Å². The van der Waals surface area contributed by atoms with Gasteiger partial charge in [-0.2, -0.15) is 0 Å². The number of benzene rings is 2. The molecule has 8 nitrogen and oxygen atoms in total. The van der Waals surface area contributed by atoms with Crippen molar-refractivity contribution in [1.29, 1.82) is 0 Å². The van der Waals surface area contributed by atoms with E-state index in [1.807, 2.05) is 37.3 Å². The highest BCUT2D eigenvalue weighted by Crippen LogP contribution is 2.35. The molecule has 0 fully saturated rings. The van der Waals surface area contributed by atoms with Crippen LogP contribution in [0.1, 0.15) is 5.56 Å². The molecule has 0 aliphatic carbocycles. The van der Waals surface area contributed by atoms with Crippen molar-refractivity contribution < 1.29 is 9.47 Å². The van der Waals surface area contributed by atoms with Gasteiger partial charge in [0.15, 0.2) is 16.8 Å². The van der Waals surface area contributed by atoms with Crippen molar-refractivity contribution in [2.24, 2.45) is 0 Å². The van der Waals surface area contributed by atoms with Gasteiger partial charge in [0.1, 0.15) is 23.5 Å². The summed E-state index contributed by atoms with van der Waals surface area (Å²) in [6, 6.07) is 11.5. The Balaban J connectivity index is 1.63. The molecule has 0 bridgehead atoms. The van der Waals surface area contributed by atoms with Crippen molar-refractivity contribution in [3.8, 4) is 11.5 Å². The molecule has 0 unspecified atom stereocenters. The molecular weight excluding hydrogens is 388 g/mol. The summed E-state index contributed by atoms with van der Waals surface area (Å²) in [7, 11) is 3.19. The molecule has 4 N–H and O–H groups in total. The molecule has 9 heteroatoms. The maximum Gasteiger partial charge on any atom is 0.189 e. The molecule has 2 heterocycles. The van der Waals surface area contributed by atoms with E-state index in [4.69, 9.17) is 15.2 Å². The quantitative estimate of drug-likeness (QED) is 0.429. The fraction of sp³-hybridized carbons (Fsp3) is 0.150. The number of hydrogen-bond donors (Lipinski definition) is 3. The van der Waals surface area contributed by atoms with Gasteiger partial charge in [-0.15, -0.1) is 0 Å². The molecule has 0 atom stereocenters. The monoisotopic (exact) mass is 408 g/mol. The zero-order valence-electron chi connectivity index (χ0n) is 16.2. The molecule has 0 saturated carbocycles. The Bertz CT molecular complexity index is 1180. The highest BCUT2D eigenvalue weighted by molar-refractivity contribution is 7.22. The lowest BCUT2D eigenvalue weighted by Crippen LogP contribution is -2.05. The van der Waals surface area contributed by atoms with E-state index in [0.717, 1.165) is 15.8 Å². The third-order valence-electron chi connectivity index (χ3n) is 4.39. The molecule has 2 aromatic heterocycles. The van der Waals surface area contributed by atoms with E-state index in [9.17, 15) is 0 Å². The van der Waals surface area contributed by atoms with E-state index in [1.54, 1.807) is 31.6 Å². The molecule has 0 aliphatic rings. The number of aryl methyl sites for hydroxylation is 1. The number of rotatable bonds is 6. The number of anilines is 5. The van der Waals surface area contributed by atoms with Crippen LogP contribution >= 0.6 is 11.3 Å². The maximum atomic E-state index is 6.31. The minimum atomic E-state index is 0.376. The van der Waals surface area contributed by atoms with Crippen LogP contribution in [0.3, 0.4) is 0 Å². The lowest BCUT2D eigenvalue weighted by Gasteiger charge is -2.14. The standard InChI is InChI=1S/C20H20N6O2S/c1-11-5-4-6-15-17(11)25-20(29-15)26-19-16(21)18(22-10-23-19)24-13-8-7-12(27-2)9-14(13)28-3/h4-10H,21H2,1-3H3,(H2,22,23,24,25,26). The number of para-hydroxylation sites is 1. The molecule has 0 spiro atoms. The van der Waals surface area contributed by atoms with Crippen LogP contribution in [0, 0.1) is 6.92 Å². The van der Waals surface area contributed by atoms with E-state index in [1.165, 1.54) is 6.33 Å². The van der Waals surface area contributed by atoms with Gasteiger partial charge in [-0.25, -0.2) is 15.0 Å². The second kappa shape index (κ2) is 7.80. The zero-order valence-corrected chi connectivity index (χ0v) is 17.0. The predicted molar refractivity (Wildman–Crippen MR) is 117 cm³/mol. The van der Waals surface area contributed by atoms with E-state index in [-0.39, 0.29) is 0 Å². The number of nitrogens with one attached hydrogen (secondary N) is 2. The van der Waals surface area contributed by atoms with E-state index in [2.05, 4.69) is 25.6 Å². The van der Waals surface area contributed by atoms with Crippen molar-refractivity contribution in [3.63, 3.8) is 0 Å². The Kier molecular flexibility index (Phi) is 5.05. The van der Waals surface area contributed by atoms with E-state index >= 15 is 0 Å². The number of nitrogens with zero attached hydrogens (tertiary/aromatic N) is 3. The van der Waals surface area contributed by atoms with Crippen LogP contribution in [0.5, 0.6) is 11.5 Å². The van der Waals surface area contributed by atoms with Gasteiger partial charge in [-0.1, -0.05) is 23.5 Å². The molecular formula is C20H20N6O2S. The smallest absolute Gasteiger partial charge is 0.189 e. The van der Waals surface area contributed by atoms with Crippen molar-refractivity contribution in [1.82, 2.24) is 15.0 Å². The Morgan fingerprint density at radius 3 is 2.52 bits per heavy atom. The molecule has 0 aliphatic heterocycles. The van der Waals surface area contributed by atoms with Crippen molar-refractivity contribution in [2.75, 3.05) is 30.6 Å². The number of nitrogen functional groups attached to an aromatic ring is 1. The Morgan fingerprint density at radius 1 is 1.00 bits per heavy atom. The second-order valence-corrected chi connectivity index (χ2v) is 7.27. The molecule has 0 saturated heterocycles. The third-order valence-corrected chi connectivity index (χ3v) is 5.33. The average Bonchev–Trinajstić information content (AvgIpc) is 3.15. The highest BCUT2D eigenvalue weighted by Gasteiger charge is 2.14. The van der Waals surface area contributed by atoms with E-state index < -0.39 is 0 Å². The molecule has 148 valence electrons. The average molecular weight is 408 g/mol. The largest absolute Gasteiger partial charge is 0.497 e. The first-order valence-electron chi connectivity index (χ1n) is 8.81. The molecule has 0 radical (unpaired) electrons. The van der Waals surface area contributed by atoms with Crippen LogP contribution in [0.15, 0.2) is 42.7 Å². The SMILES string of the molecule is COc1ccc(Nc2ncnc(Nc3nc4c(C)cccc4s3)c2N)c(OC)c1. The highest BCUT2D eigenvalue weighted by atomic mass is 32.1. The summed E-state index contributed by atoms with van der Waals surface area (Å²) in [6.07, 6.45) is 1.44. The Hall–Kier alpha value is -3.59. The topological polar surface area (TPSA) is 107 Å². The summed E-state index contributed by atoms with van der Waals surface area (Å²) < 4.78 is 11.7. The molecule has 2 aromatic carbocycles. The lowest BCUT2D eigenvalue weighted by molar-refractivity contribution is 0.395. The summed E-state index contributed by atoms with van der Waals surface area (Å²) in [5.41, 5.74) is 9.49. The van der Waals surface area contributed by atoms with Crippen LogP contribution < -0.4 is 25.8 Å². The summed E-state index contributed by atoms with van der Waals surface area (Å²) >= 11 is 1.54. The summed E-state index contributed by atoms with van der Waals surface area (Å²) in [6.45, 7) is 2.04. The van der Waals surface area contributed by atoms with Gasteiger partial charge in [0.2, 0.25) is 0 Å². The maximum absolute atomic E-state index is 6.31. The number of hydrogen-bond acceptors (Lipinski definition) is 9. The van der Waals surface area contributed by atoms with Crippen molar-refractivity contribution >= 4 is 49.7 Å². The van der Waals surface area contributed by atoms with Crippen LogP contribution in [0.2, 0.25) is 0 Å². The Morgan fingerprint density at radius 2 is 1.79 bits per heavy atom. The molecule has 0 amide bonds. The molecule has 29 heavy (non-hydrogen) atoms. The molecule has 4 rings (SSSR count). The summed E-state index contributed by atoms with van der Waals surface area (Å²) in [5.74, 6) is 2.24. The van der Waals surface area contributed by atoms with E-state index in [0.29, 0.717) is 39.6 Å². The summed E-state index contributed by atoms with van der Waals surface area (Å²) in [4.78, 5) is 13.2. The lowest BCUT2D eigenvalue weighted by atomic mass is 10.2. The van der Waals surface area contributed by atoms with Crippen LogP contribution in [0.4, 0.5) is 28.1 Å². The Labute approximate surface area is 171 Å². The van der Waals surface area contributed by atoms with Gasteiger partial charge >= 0.3 is 0 Å². The summed E-state index contributed by atoms with van der Waals surface area (Å²) in [5, 5.41) is 7.11. The first kappa shape index (κ1) is 18.8. The number of aromatic nitrogens is 3. The first-order valence-corrected chi connectivity index (χ1v) is 9.63. The van der Waals surface area contributed by atoms with Crippen molar-refractivity contribution in [2.45, 2.75) is 6.92 Å². The number of methoxy groups -OCH3 is 2. The normalized spacial score (nSPS) is 10.7. The number of ether oxygens (including phenoxy) is 2. The second-order valence-electron chi connectivity index (χ2n) is 6.24. The minimum absolute atomic E-state index is 0.376. The van der Waals surface area contributed by atoms with Gasteiger partial charge < -0.3 is 25.8 Å². The van der Waals surface area contributed by atoms with Crippen LogP contribution in [-0.4, -0.2) is 29.2 Å². The molecule has 4 aromatic rings. The van der Waals surface area contributed by atoms with Gasteiger partial charge in [0.05, 0.1) is 30.1 Å². The van der Waals surface area contributed by atoms with Gasteiger partial charge in [0, 0.05) is 6.07 Å². The van der Waals surface area contributed by atoms with Gasteiger partial charge in [0.25, 0.3) is 0 Å².